The van der Waals surface area contributed by atoms with Crippen LogP contribution in [-0.2, 0) is 20.0 Å². The fourth-order valence-corrected chi connectivity index (χ4v) is 5.70. The van der Waals surface area contributed by atoms with Crippen molar-refractivity contribution in [1.29, 1.82) is 0 Å². The number of oxime groups is 1. The summed E-state index contributed by atoms with van der Waals surface area (Å²) in [5, 5.41) is 15.4. The minimum atomic E-state index is -0.774. The summed E-state index contributed by atoms with van der Waals surface area (Å²) in [4.78, 5) is 34.8. The van der Waals surface area contributed by atoms with Gasteiger partial charge in [-0.05, 0) is 16.7 Å². The van der Waals surface area contributed by atoms with Gasteiger partial charge in [0.05, 0.1) is 6.04 Å². The Balaban J connectivity index is 1.53. The van der Waals surface area contributed by atoms with Gasteiger partial charge in [0.1, 0.15) is 24.4 Å². The van der Waals surface area contributed by atoms with Gasteiger partial charge in [-0.25, -0.2) is 4.98 Å². The van der Waals surface area contributed by atoms with Crippen LogP contribution in [-0.4, -0.2) is 47.5 Å². The van der Waals surface area contributed by atoms with Crippen LogP contribution in [0.5, 0.6) is 0 Å². The predicted molar refractivity (Wildman–Crippen MR) is 156 cm³/mol. The Morgan fingerprint density at radius 1 is 1.00 bits per heavy atom. The van der Waals surface area contributed by atoms with Gasteiger partial charge < -0.3 is 20.8 Å². The molecule has 1 saturated heterocycles. The highest BCUT2D eigenvalue weighted by Gasteiger charge is 2.41. The summed E-state index contributed by atoms with van der Waals surface area (Å²) < 4.78 is 0. The van der Waals surface area contributed by atoms with Crippen LogP contribution >= 0.6 is 24.0 Å². The number of carbonyl (C=O) groups is 2. The van der Waals surface area contributed by atoms with Crippen LogP contribution in [0.3, 0.4) is 0 Å². The van der Waals surface area contributed by atoms with Gasteiger partial charge in [-0.3, -0.25) is 9.59 Å². The van der Waals surface area contributed by atoms with Gasteiger partial charge >= 0.3 is 0 Å². The van der Waals surface area contributed by atoms with E-state index in [2.05, 4.69) is 70.1 Å². The number of carbonyl (C=O) groups excluding carboxylic acids is 2. The maximum atomic E-state index is 13.1. The second-order valence-electron chi connectivity index (χ2n) is 8.88. The molecule has 0 radical (unpaired) electrons. The lowest BCUT2D eigenvalue weighted by Crippen LogP contribution is -2.70. The number of hydrogen-bond acceptors (Lipinski definition) is 8. The van der Waals surface area contributed by atoms with Gasteiger partial charge in [0.25, 0.3) is 5.91 Å². The molecule has 0 bridgehead atoms. The SMILES string of the molecule is CON=C(C(=O)N[C@@H]1C(=O)N[C@@H]1CS)c1csc(NC(c2ccccc2)(c2ccccc2)c2ccccc2)n1. The predicted octanol–water partition coefficient (Wildman–Crippen LogP) is 3.81. The first-order chi connectivity index (χ1) is 19.1. The molecule has 2 heterocycles. The normalized spacial score (nSPS) is 17.1. The summed E-state index contributed by atoms with van der Waals surface area (Å²) in [6.07, 6.45) is 0. The van der Waals surface area contributed by atoms with Crippen molar-refractivity contribution in [3.8, 4) is 0 Å². The molecule has 4 aromatic rings. The quantitative estimate of drug-likeness (QED) is 0.0781. The zero-order valence-corrected chi connectivity index (χ0v) is 22.8. The summed E-state index contributed by atoms with van der Waals surface area (Å²) in [7, 11) is 1.36. The summed E-state index contributed by atoms with van der Waals surface area (Å²) in [5.41, 5.74) is 2.60. The number of benzene rings is 3. The Kier molecular flexibility index (Phi) is 7.94. The topological polar surface area (TPSA) is 105 Å². The van der Waals surface area contributed by atoms with Crippen LogP contribution < -0.4 is 16.0 Å². The monoisotopic (exact) mass is 557 g/mol. The van der Waals surface area contributed by atoms with Gasteiger partial charge in [0.15, 0.2) is 10.8 Å². The number of rotatable bonds is 10. The number of nitrogens with one attached hydrogen (secondary N) is 3. The zero-order chi connectivity index (χ0) is 27.2. The van der Waals surface area contributed by atoms with Crippen LogP contribution in [0.15, 0.2) is 102 Å². The molecule has 2 amide bonds. The Labute approximate surface area is 235 Å². The first-order valence-electron chi connectivity index (χ1n) is 12.3. The van der Waals surface area contributed by atoms with Crippen molar-refractivity contribution >= 4 is 46.6 Å². The van der Waals surface area contributed by atoms with E-state index in [1.807, 2.05) is 54.6 Å². The first-order valence-corrected chi connectivity index (χ1v) is 13.8. The lowest BCUT2D eigenvalue weighted by Gasteiger charge is -2.36. The first kappa shape index (κ1) is 26.5. The molecule has 0 aliphatic carbocycles. The Morgan fingerprint density at radius 3 is 2.00 bits per heavy atom. The Morgan fingerprint density at radius 2 is 1.54 bits per heavy atom. The number of aromatic nitrogens is 1. The highest BCUT2D eigenvalue weighted by Crippen LogP contribution is 2.40. The van der Waals surface area contributed by atoms with Gasteiger partial charge in [-0.2, -0.15) is 12.6 Å². The van der Waals surface area contributed by atoms with Crippen LogP contribution in [0.1, 0.15) is 22.4 Å². The number of thiazole rings is 1. The van der Waals surface area contributed by atoms with Gasteiger partial charge in [0.2, 0.25) is 5.91 Å². The third-order valence-electron chi connectivity index (χ3n) is 6.56. The van der Waals surface area contributed by atoms with E-state index in [0.29, 0.717) is 16.6 Å². The Hall–Kier alpha value is -4.15. The van der Waals surface area contributed by atoms with Crippen LogP contribution in [0.4, 0.5) is 5.13 Å². The van der Waals surface area contributed by atoms with Crippen LogP contribution in [0, 0.1) is 0 Å². The van der Waals surface area contributed by atoms with Crippen LogP contribution in [0.25, 0.3) is 0 Å². The van der Waals surface area contributed by atoms with E-state index in [4.69, 9.17) is 9.82 Å². The van der Waals surface area contributed by atoms with E-state index in [-0.39, 0.29) is 17.7 Å². The molecular formula is C29H27N5O3S2. The minimum absolute atomic E-state index is 0.0239. The minimum Gasteiger partial charge on any atom is -0.398 e. The average Bonchev–Trinajstić information content (AvgIpc) is 3.45. The molecular weight excluding hydrogens is 530 g/mol. The highest BCUT2D eigenvalue weighted by atomic mass is 32.1. The number of amides is 2. The van der Waals surface area contributed by atoms with E-state index in [0.717, 1.165) is 16.7 Å². The fourth-order valence-electron chi connectivity index (χ4n) is 4.65. The van der Waals surface area contributed by atoms with Crippen LogP contribution in [0.2, 0.25) is 0 Å². The molecule has 2 atom stereocenters. The molecule has 0 saturated carbocycles. The average molecular weight is 558 g/mol. The third kappa shape index (κ3) is 5.25. The smallest absolute Gasteiger partial charge is 0.276 e. The van der Waals surface area contributed by atoms with Crippen molar-refractivity contribution in [3.05, 3.63) is 119 Å². The molecule has 3 aromatic carbocycles. The standard InChI is InChI=1S/C29H27N5O3S2/c1-37-34-25(27(36)32-24-22(17-38)30-26(24)35)23-18-39-28(31-23)33-29(19-11-5-2-6-12-19,20-13-7-3-8-14-20)21-15-9-4-10-16-21/h2-16,18,22,24,38H,17H2,1H3,(H,30,35)(H,31,33)(H,32,36)/t22-,24+/m1/s1. The second kappa shape index (κ2) is 11.7. The number of hydrogen-bond donors (Lipinski definition) is 4. The molecule has 0 spiro atoms. The van der Waals surface area contributed by atoms with Crippen molar-refractivity contribution in [1.82, 2.24) is 15.6 Å². The van der Waals surface area contributed by atoms with Crippen molar-refractivity contribution < 1.29 is 14.4 Å². The fraction of sp³-hybridized carbons (Fsp3) is 0.172. The number of nitrogens with zero attached hydrogens (tertiary/aromatic N) is 2. The zero-order valence-electron chi connectivity index (χ0n) is 21.1. The van der Waals surface area contributed by atoms with E-state index >= 15 is 0 Å². The Bertz CT molecular complexity index is 1370. The van der Waals surface area contributed by atoms with Gasteiger partial charge in [-0.1, -0.05) is 96.2 Å². The maximum Gasteiger partial charge on any atom is 0.276 e. The molecule has 1 aliphatic rings. The maximum absolute atomic E-state index is 13.1. The summed E-state index contributed by atoms with van der Waals surface area (Å²) in [6.45, 7) is 0. The van der Waals surface area contributed by atoms with Crippen molar-refractivity contribution in [3.63, 3.8) is 0 Å². The molecule has 3 N–H and O–H groups in total. The van der Waals surface area contributed by atoms with Gasteiger partial charge in [0, 0.05) is 11.1 Å². The summed E-state index contributed by atoms with van der Waals surface area (Å²) >= 11 is 5.57. The summed E-state index contributed by atoms with van der Waals surface area (Å²) in [6, 6.07) is 29.5. The number of thiol groups is 1. The van der Waals surface area contributed by atoms with E-state index < -0.39 is 17.5 Å². The van der Waals surface area contributed by atoms with E-state index in [1.165, 1.54) is 18.4 Å². The number of anilines is 1. The largest absolute Gasteiger partial charge is 0.398 e. The van der Waals surface area contributed by atoms with Gasteiger partial charge in [-0.15, -0.1) is 11.3 Å². The lowest BCUT2D eigenvalue weighted by atomic mass is 9.77. The van der Waals surface area contributed by atoms with Crippen molar-refractivity contribution in [2.45, 2.75) is 17.6 Å². The summed E-state index contributed by atoms with van der Waals surface area (Å²) in [5.74, 6) is -0.419. The number of β-lactam (4-membered cyclic amide) rings is 1. The second-order valence-corrected chi connectivity index (χ2v) is 10.1. The van der Waals surface area contributed by atoms with E-state index in [9.17, 15) is 9.59 Å². The highest BCUT2D eigenvalue weighted by molar-refractivity contribution is 7.80. The molecule has 10 heteroatoms. The molecule has 1 aromatic heterocycles. The van der Waals surface area contributed by atoms with Crippen molar-refractivity contribution in [2.75, 3.05) is 18.2 Å². The molecule has 198 valence electrons. The van der Waals surface area contributed by atoms with E-state index in [1.54, 1.807) is 5.38 Å². The molecule has 5 rings (SSSR count). The molecule has 1 aliphatic heterocycles. The third-order valence-corrected chi connectivity index (χ3v) is 7.71. The molecule has 0 unspecified atom stereocenters. The molecule has 8 nitrogen and oxygen atoms in total. The lowest BCUT2D eigenvalue weighted by molar-refractivity contribution is -0.134. The van der Waals surface area contributed by atoms with Crippen molar-refractivity contribution in [2.24, 2.45) is 5.16 Å². The molecule has 1 fully saturated rings. The molecule has 39 heavy (non-hydrogen) atoms.